The van der Waals surface area contributed by atoms with Crippen molar-refractivity contribution in [1.82, 2.24) is 5.32 Å². The van der Waals surface area contributed by atoms with E-state index in [9.17, 15) is 0 Å². The van der Waals surface area contributed by atoms with Crippen LogP contribution in [0.1, 0.15) is 13.8 Å². The van der Waals surface area contributed by atoms with Gasteiger partial charge in [0.25, 0.3) is 0 Å². The second-order valence-corrected chi connectivity index (χ2v) is 2.00. The van der Waals surface area contributed by atoms with E-state index in [4.69, 9.17) is 0 Å². The maximum atomic E-state index is 3.87. The first kappa shape index (κ1) is 8.92. The highest BCUT2D eigenvalue weighted by Crippen LogP contribution is 1.59. The Labute approximate surface area is 58.2 Å². The first-order chi connectivity index (χ1) is 4.39. The van der Waals surface area contributed by atoms with Crippen LogP contribution >= 0.6 is 0 Å². The summed E-state index contributed by atoms with van der Waals surface area (Å²) in [6, 6.07) is 0. The van der Waals surface area contributed by atoms with Gasteiger partial charge in [0.2, 0.25) is 0 Å². The molecule has 0 aromatic heterocycles. The van der Waals surface area contributed by atoms with Gasteiger partial charge in [-0.05, 0) is 0 Å². The molecule has 0 unspecified atom stereocenters. The van der Waals surface area contributed by atoms with Gasteiger partial charge in [0.15, 0.2) is 0 Å². The molecular weight excluding hydrogens is 112 g/mol. The Hall–Kier alpha value is -0.0800. The van der Waals surface area contributed by atoms with E-state index in [1.165, 1.54) is 18.0 Å². The summed E-state index contributed by atoms with van der Waals surface area (Å²) in [5.41, 5.74) is 0. The number of quaternary nitrogens is 1. The Morgan fingerprint density at radius 2 is 1.67 bits per heavy atom. The van der Waals surface area contributed by atoms with E-state index in [-0.39, 0.29) is 0 Å². The average molecular weight is 130 g/mol. The third-order valence-electron chi connectivity index (χ3n) is 1.31. The summed E-state index contributed by atoms with van der Waals surface area (Å²) in [5.74, 6) is 0. The molecule has 9 heavy (non-hydrogen) atoms. The zero-order valence-corrected chi connectivity index (χ0v) is 6.54. The second kappa shape index (κ2) is 6.05. The second-order valence-electron chi connectivity index (χ2n) is 2.00. The highest BCUT2D eigenvalue weighted by molar-refractivity contribution is 4.48. The summed E-state index contributed by atoms with van der Waals surface area (Å²) in [7, 11) is 3.87. The van der Waals surface area contributed by atoms with Crippen LogP contribution in [0.25, 0.3) is 0 Å². The summed E-state index contributed by atoms with van der Waals surface area (Å²) >= 11 is 0. The molecule has 0 atom stereocenters. The summed E-state index contributed by atoms with van der Waals surface area (Å²) in [6.45, 7) is 8.64. The molecule has 0 bridgehead atoms. The van der Waals surface area contributed by atoms with Crippen LogP contribution in [0.5, 0.6) is 0 Å². The van der Waals surface area contributed by atoms with Gasteiger partial charge in [-0.3, -0.25) is 0 Å². The lowest BCUT2D eigenvalue weighted by atomic mass is 10.4. The molecule has 1 aliphatic rings. The zero-order chi connectivity index (χ0) is 7.11. The van der Waals surface area contributed by atoms with Crippen molar-refractivity contribution in [2.45, 2.75) is 13.8 Å². The van der Waals surface area contributed by atoms with Gasteiger partial charge in [-0.15, -0.1) is 0 Å². The molecule has 1 rings (SSSR count). The lowest BCUT2D eigenvalue weighted by Crippen LogP contribution is -3.10. The molecule has 0 saturated carbocycles. The molecule has 0 aromatic carbocycles. The predicted octanol–water partition coefficient (Wildman–Crippen LogP) is -0.708. The van der Waals surface area contributed by atoms with E-state index in [2.05, 4.69) is 12.4 Å². The van der Waals surface area contributed by atoms with E-state index >= 15 is 0 Å². The van der Waals surface area contributed by atoms with Gasteiger partial charge in [0.1, 0.15) is 0 Å². The van der Waals surface area contributed by atoms with Gasteiger partial charge in [0, 0.05) is 13.1 Å². The first-order valence-electron chi connectivity index (χ1n) is 3.77. The lowest BCUT2D eigenvalue weighted by Gasteiger charge is -2.25. The Morgan fingerprint density at radius 1 is 1.22 bits per heavy atom. The average Bonchev–Trinajstić information content (AvgIpc) is 1.94. The zero-order valence-electron chi connectivity index (χ0n) is 6.54. The number of hydrogen-bond acceptors (Lipinski definition) is 1. The van der Waals surface area contributed by atoms with Crippen LogP contribution in [0.2, 0.25) is 0 Å². The largest absolute Gasteiger partial charge is 0.466 e. The minimum absolute atomic E-state index is 1.14. The summed E-state index contributed by atoms with van der Waals surface area (Å²) in [4.78, 5) is 1.40. The summed E-state index contributed by atoms with van der Waals surface area (Å²) < 4.78 is 0. The van der Waals surface area contributed by atoms with Gasteiger partial charge in [-0.1, -0.05) is 13.8 Å². The Balaban J connectivity index is 0.000000291. The molecule has 2 N–H and O–H groups in total. The number of piperazine rings is 1. The molecular formula is C7H18N2. The van der Waals surface area contributed by atoms with Crippen molar-refractivity contribution in [3.05, 3.63) is 7.05 Å². The van der Waals surface area contributed by atoms with Gasteiger partial charge < -0.3 is 10.2 Å². The van der Waals surface area contributed by atoms with Crippen molar-refractivity contribution in [3.8, 4) is 0 Å². The minimum Gasteiger partial charge on any atom is -0.466 e. The summed E-state index contributed by atoms with van der Waals surface area (Å²) in [6.07, 6.45) is 0. The first-order valence-corrected chi connectivity index (χ1v) is 3.77. The molecule has 0 aliphatic carbocycles. The standard InChI is InChI=1S/C5H12N2.C2H6/c1-7-4-2-6-3-5-7;1-2/h6-7H,1-5H2;1-2H3. The van der Waals surface area contributed by atoms with E-state index in [1.54, 1.807) is 0 Å². The van der Waals surface area contributed by atoms with Crippen molar-refractivity contribution < 1.29 is 4.90 Å². The van der Waals surface area contributed by atoms with Crippen LogP contribution in [0, 0.1) is 7.05 Å². The van der Waals surface area contributed by atoms with E-state index < -0.39 is 0 Å². The van der Waals surface area contributed by atoms with Crippen LogP contribution < -0.4 is 10.2 Å². The summed E-state index contributed by atoms with van der Waals surface area (Å²) in [5, 5.41) is 3.25. The molecule has 1 fully saturated rings. The number of rotatable bonds is 0. The van der Waals surface area contributed by atoms with Gasteiger partial charge in [-0.2, -0.15) is 7.05 Å². The third kappa shape index (κ3) is 4.43. The topological polar surface area (TPSA) is 16.5 Å². The van der Waals surface area contributed by atoms with Crippen molar-refractivity contribution in [1.29, 1.82) is 0 Å². The van der Waals surface area contributed by atoms with Gasteiger partial charge in [0.05, 0.1) is 13.1 Å². The van der Waals surface area contributed by atoms with E-state index in [0.717, 1.165) is 13.1 Å². The van der Waals surface area contributed by atoms with Gasteiger partial charge >= 0.3 is 0 Å². The van der Waals surface area contributed by atoms with E-state index in [1.807, 2.05) is 13.8 Å². The lowest BCUT2D eigenvalue weighted by molar-refractivity contribution is -0.855. The minimum atomic E-state index is 1.14. The molecule has 56 valence electrons. The quantitative estimate of drug-likeness (QED) is 0.414. The maximum absolute atomic E-state index is 3.87. The van der Waals surface area contributed by atoms with Crippen molar-refractivity contribution in [2.24, 2.45) is 0 Å². The van der Waals surface area contributed by atoms with Crippen LogP contribution in [-0.2, 0) is 0 Å². The highest BCUT2D eigenvalue weighted by atomic mass is 15.2. The maximum Gasteiger partial charge on any atom is 0.0657 e. The predicted molar refractivity (Wildman–Crippen MR) is 40.3 cm³/mol. The third-order valence-corrected chi connectivity index (χ3v) is 1.31. The fourth-order valence-corrected chi connectivity index (χ4v) is 0.780. The fourth-order valence-electron chi connectivity index (χ4n) is 0.780. The molecule has 0 aromatic rings. The Bertz CT molecular complexity index is 48.9. The van der Waals surface area contributed by atoms with Crippen LogP contribution in [0.3, 0.4) is 0 Å². The van der Waals surface area contributed by atoms with Crippen molar-refractivity contribution in [2.75, 3.05) is 26.2 Å². The molecule has 1 saturated heterocycles. The molecule has 2 nitrogen and oxygen atoms in total. The SMILES string of the molecule is CC.[CH2-][NH+]1CCNCC1. The molecule has 1 heterocycles. The molecule has 0 amide bonds. The Kier molecular flexibility index (Phi) is 5.99. The van der Waals surface area contributed by atoms with Gasteiger partial charge in [-0.25, -0.2) is 0 Å². The molecule has 0 spiro atoms. The van der Waals surface area contributed by atoms with Crippen LogP contribution in [0.4, 0.5) is 0 Å². The monoisotopic (exact) mass is 130 g/mol. The van der Waals surface area contributed by atoms with Crippen molar-refractivity contribution >= 4 is 0 Å². The number of hydrogen-bond donors (Lipinski definition) is 2. The Morgan fingerprint density at radius 3 is 1.89 bits per heavy atom. The highest BCUT2D eigenvalue weighted by Gasteiger charge is 2.00. The molecule has 1 aliphatic heterocycles. The van der Waals surface area contributed by atoms with Crippen LogP contribution in [0.15, 0.2) is 0 Å². The number of nitrogens with one attached hydrogen (secondary N) is 2. The van der Waals surface area contributed by atoms with E-state index in [0.29, 0.717) is 0 Å². The van der Waals surface area contributed by atoms with Crippen LogP contribution in [-0.4, -0.2) is 26.2 Å². The smallest absolute Gasteiger partial charge is 0.0657 e. The normalized spacial score (nSPS) is 20.3. The molecule has 2 heteroatoms. The fraction of sp³-hybridized carbons (Fsp3) is 0.857. The van der Waals surface area contributed by atoms with Crippen molar-refractivity contribution in [3.63, 3.8) is 0 Å². The molecule has 0 radical (unpaired) electrons.